The minimum absolute atomic E-state index is 0.147. The largest absolute Gasteiger partial charge is 0.462 e. The minimum Gasteiger partial charge on any atom is -0.462 e. The predicted molar refractivity (Wildman–Crippen MR) is 201 cm³/mol. The summed E-state index contributed by atoms with van der Waals surface area (Å²) in [7, 11) is 0. The maximum Gasteiger partial charge on any atom is 0.306 e. The van der Waals surface area contributed by atoms with Crippen LogP contribution in [0.1, 0.15) is 168 Å². The van der Waals surface area contributed by atoms with Gasteiger partial charge in [0, 0.05) is 12.8 Å². The van der Waals surface area contributed by atoms with Gasteiger partial charge in [-0.15, -0.1) is 0 Å². The first-order chi connectivity index (χ1) is 24.8. The molecular weight excluding hydrogens is 652 g/mol. The van der Waals surface area contributed by atoms with E-state index < -0.39 is 55.4 Å². The van der Waals surface area contributed by atoms with E-state index in [4.69, 9.17) is 18.9 Å². The Morgan fingerprint density at radius 2 is 1.10 bits per heavy atom. The highest BCUT2D eigenvalue weighted by Crippen LogP contribution is 2.22. The summed E-state index contributed by atoms with van der Waals surface area (Å²) < 4.78 is 22.0. The average Bonchev–Trinajstić information content (AvgIpc) is 3.13. The van der Waals surface area contributed by atoms with Crippen LogP contribution in [-0.4, -0.2) is 89.0 Å². The van der Waals surface area contributed by atoms with Crippen LogP contribution < -0.4 is 0 Å². The van der Waals surface area contributed by atoms with Crippen LogP contribution in [0.5, 0.6) is 0 Å². The Kier molecular flexibility index (Phi) is 30.4. The van der Waals surface area contributed by atoms with E-state index in [9.17, 15) is 30.0 Å². The van der Waals surface area contributed by atoms with E-state index in [1.165, 1.54) is 77.0 Å². The number of aliphatic hydroxyl groups is 4. The molecule has 0 spiro atoms. The summed E-state index contributed by atoms with van der Waals surface area (Å²) >= 11 is 0. The lowest BCUT2D eigenvalue weighted by atomic mass is 9.99. The Labute approximate surface area is 309 Å². The van der Waals surface area contributed by atoms with Crippen LogP contribution in [0.2, 0.25) is 0 Å². The molecule has 0 radical (unpaired) electrons. The molecule has 6 atom stereocenters. The van der Waals surface area contributed by atoms with Gasteiger partial charge in [0.25, 0.3) is 0 Å². The van der Waals surface area contributed by atoms with E-state index in [1.807, 2.05) is 6.08 Å². The van der Waals surface area contributed by atoms with Crippen molar-refractivity contribution in [3.63, 3.8) is 0 Å². The van der Waals surface area contributed by atoms with Crippen LogP contribution in [-0.2, 0) is 28.5 Å². The third kappa shape index (κ3) is 24.9. The molecule has 0 aromatic rings. The van der Waals surface area contributed by atoms with Gasteiger partial charge in [-0.05, 0) is 44.9 Å². The second-order valence-electron chi connectivity index (χ2n) is 14.1. The standard InChI is InChI=1S/C41H74O10/c1-3-5-7-9-11-13-15-16-17-18-20-22-24-26-28-30-37(44)50-34(33-49-41-40(47)39(46)38(45)35(31-42)51-41)32-48-36(43)29-27-25-23-21-19-14-12-10-8-6-4-2/h10,12,24,26,34-35,38-42,45-47H,3-9,11,13-23,25,27-33H2,1-2H3/b12-10+,26-24+/t34-,35-,38+,39?,40?,41-/m1/s1. The molecule has 1 aliphatic heterocycles. The lowest BCUT2D eigenvalue weighted by Gasteiger charge is -2.39. The molecule has 1 heterocycles. The smallest absolute Gasteiger partial charge is 0.306 e. The number of unbranched alkanes of at least 4 members (excludes halogenated alkanes) is 18. The molecule has 2 unspecified atom stereocenters. The molecule has 0 amide bonds. The van der Waals surface area contributed by atoms with Crippen molar-refractivity contribution in [2.75, 3.05) is 19.8 Å². The van der Waals surface area contributed by atoms with Gasteiger partial charge >= 0.3 is 11.9 Å². The molecule has 0 aromatic heterocycles. The van der Waals surface area contributed by atoms with Gasteiger partial charge < -0.3 is 39.4 Å². The summed E-state index contributed by atoms with van der Waals surface area (Å²) in [6.07, 6.45) is 26.3. The molecule has 4 N–H and O–H groups in total. The van der Waals surface area contributed by atoms with Crippen molar-refractivity contribution in [2.45, 2.75) is 205 Å². The molecule has 298 valence electrons. The highest BCUT2D eigenvalue weighted by Gasteiger charge is 2.44. The summed E-state index contributed by atoms with van der Waals surface area (Å²) in [5, 5.41) is 39.9. The lowest BCUT2D eigenvalue weighted by molar-refractivity contribution is -0.305. The summed E-state index contributed by atoms with van der Waals surface area (Å²) in [5.41, 5.74) is 0. The van der Waals surface area contributed by atoms with Crippen molar-refractivity contribution in [1.29, 1.82) is 0 Å². The monoisotopic (exact) mass is 727 g/mol. The molecule has 0 saturated carbocycles. The number of rotatable bonds is 33. The van der Waals surface area contributed by atoms with Crippen molar-refractivity contribution >= 4 is 11.9 Å². The fourth-order valence-electron chi connectivity index (χ4n) is 6.01. The third-order valence-electron chi connectivity index (χ3n) is 9.32. The van der Waals surface area contributed by atoms with Crippen LogP contribution in [0.25, 0.3) is 0 Å². The molecule has 1 rings (SSSR count). The number of carbonyl (C=O) groups is 2. The Morgan fingerprint density at radius 3 is 1.67 bits per heavy atom. The van der Waals surface area contributed by atoms with Gasteiger partial charge in [-0.2, -0.15) is 0 Å². The zero-order chi connectivity index (χ0) is 37.4. The molecule has 10 heteroatoms. The number of carbonyl (C=O) groups excluding carboxylic acids is 2. The normalized spacial score (nSPS) is 21.4. The summed E-state index contributed by atoms with van der Waals surface area (Å²) in [5.74, 6) is -0.874. The van der Waals surface area contributed by atoms with Gasteiger partial charge in [0.15, 0.2) is 12.4 Å². The van der Waals surface area contributed by atoms with Crippen LogP contribution in [0, 0.1) is 0 Å². The topological polar surface area (TPSA) is 152 Å². The molecule has 10 nitrogen and oxygen atoms in total. The van der Waals surface area contributed by atoms with Crippen molar-refractivity contribution in [2.24, 2.45) is 0 Å². The molecule has 0 bridgehead atoms. The van der Waals surface area contributed by atoms with E-state index in [0.29, 0.717) is 12.8 Å². The van der Waals surface area contributed by atoms with Crippen molar-refractivity contribution in [3.05, 3.63) is 24.3 Å². The van der Waals surface area contributed by atoms with E-state index in [0.717, 1.165) is 51.4 Å². The van der Waals surface area contributed by atoms with Gasteiger partial charge in [-0.25, -0.2) is 0 Å². The van der Waals surface area contributed by atoms with Crippen LogP contribution in [0.3, 0.4) is 0 Å². The zero-order valence-corrected chi connectivity index (χ0v) is 32.1. The second kappa shape index (κ2) is 32.8. The molecule has 0 aliphatic carbocycles. The van der Waals surface area contributed by atoms with Crippen LogP contribution >= 0.6 is 0 Å². The van der Waals surface area contributed by atoms with E-state index in [2.05, 4.69) is 32.1 Å². The number of hydrogen-bond acceptors (Lipinski definition) is 10. The maximum absolute atomic E-state index is 12.7. The Balaban J connectivity index is 2.40. The van der Waals surface area contributed by atoms with Crippen molar-refractivity contribution in [1.82, 2.24) is 0 Å². The average molecular weight is 727 g/mol. The summed E-state index contributed by atoms with van der Waals surface area (Å²) in [6.45, 7) is 3.33. The summed E-state index contributed by atoms with van der Waals surface area (Å²) in [4.78, 5) is 25.1. The zero-order valence-electron chi connectivity index (χ0n) is 32.1. The number of hydrogen-bond donors (Lipinski definition) is 4. The maximum atomic E-state index is 12.7. The number of aliphatic hydroxyl groups excluding tert-OH is 4. The highest BCUT2D eigenvalue weighted by molar-refractivity contribution is 5.70. The van der Waals surface area contributed by atoms with Gasteiger partial charge in [-0.1, -0.05) is 134 Å². The minimum atomic E-state index is -1.60. The van der Waals surface area contributed by atoms with Gasteiger partial charge in [0.2, 0.25) is 0 Å². The fourth-order valence-corrected chi connectivity index (χ4v) is 6.01. The van der Waals surface area contributed by atoms with Crippen molar-refractivity contribution < 1.29 is 49.0 Å². The fraction of sp³-hybridized carbons (Fsp3) is 0.854. The Bertz CT molecular complexity index is 892. The van der Waals surface area contributed by atoms with Gasteiger partial charge in [-0.3, -0.25) is 9.59 Å². The van der Waals surface area contributed by atoms with Gasteiger partial charge in [0.1, 0.15) is 31.0 Å². The van der Waals surface area contributed by atoms with Crippen molar-refractivity contribution in [3.8, 4) is 0 Å². The molecule has 51 heavy (non-hydrogen) atoms. The van der Waals surface area contributed by atoms with E-state index in [1.54, 1.807) is 0 Å². The first kappa shape index (κ1) is 47.2. The Hall–Kier alpha value is -1.82. The predicted octanol–water partition coefficient (Wildman–Crippen LogP) is 7.77. The molecule has 0 aromatic carbocycles. The molecule has 1 fully saturated rings. The molecule has 1 saturated heterocycles. The van der Waals surface area contributed by atoms with E-state index >= 15 is 0 Å². The first-order valence-corrected chi connectivity index (χ1v) is 20.4. The first-order valence-electron chi connectivity index (χ1n) is 20.4. The van der Waals surface area contributed by atoms with Gasteiger partial charge in [0.05, 0.1) is 13.2 Å². The second-order valence-corrected chi connectivity index (χ2v) is 14.1. The lowest BCUT2D eigenvalue weighted by Crippen LogP contribution is -2.59. The number of ether oxygens (including phenoxy) is 4. The third-order valence-corrected chi connectivity index (χ3v) is 9.32. The quantitative estimate of drug-likeness (QED) is 0.0300. The number of allylic oxidation sites excluding steroid dienone is 4. The molecule has 1 aliphatic rings. The SMILES string of the molecule is CCCC/C=C/CCCCCCCC(=O)OC[C@H](CO[C@@H]1O[C@H](CO)[C@H](O)C(O)C1O)OC(=O)CC/C=C/CCCCCCCCCCCCC. The highest BCUT2D eigenvalue weighted by atomic mass is 16.7. The van der Waals surface area contributed by atoms with Crippen LogP contribution in [0.4, 0.5) is 0 Å². The van der Waals surface area contributed by atoms with Crippen LogP contribution in [0.15, 0.2) is 24.3 Å². The van der Waals surface area contributed by atoms with E-state index in [-0.39, 0.29) is 26.1 Å². The Morgan fingerprint density at radius 1 is 0.588 bits per heavy atom. The molecular formula is C41H74O10. The number of esters is 2. The summed E-state index contributed by atoms with van der Waals surface area (Å²) in [6, 6.07) is 0.